The average molecular weight is 371 g/mol. The number of aromatic nitrogens is 2. The quantitative estimate of drug-likeness (QED) is 0.718. The molecule has 6 heteroatoms. The van der Waals surface area contributed by atoms with Crippen LogP contribution < -0.4 is 4.74 Å². The van der Waals surface area contributed by atoms with Gasteiger partial charge in [-0.1, -0.05) is 31.4 Å². The lowest BCUT2D eigenvalue weighted by Crippen LogP contribution is -2.12. The zero-order valence-corrected chi connectivity index (χ0v) is 13.6. The maximum atomic E-state index is 12.6. The predicted molar refractivity (Wildman–Crippen MR) is 84.1 cm³/mol. The third-order valence-corrected chi connectivity index (χ3v) is 4.66. The molecule has 1 heterocycles. The number of hydrogen-bond donors (Lipinski definition) is 0. The molecule has 1 aromatic carbocycles. The first-order chi connectivity index (χ1) is 10.6. The van der Waals surface area contributed by atoms with Gasteiger partial charge < -0.3 is 4.74 Å². The lowest BCUT2D eigenvalue weighted by atomic mass is 9.96. The van der Waals surface area contributed by atoms with E-state index in [0.717, 1.165) is 18.4 Å². The maximum Gasteiger partial charge on any atom is 0.387 e. The molecular weight excluding hydrogens is 354 g/mol. The van der Waals surface area contributed by atoms with E-state index in [1.165, 1.54) is 19.3 Å². The summed E-state index contributed by atoms with van der Waals surface area (Å²) in [6.07, 6.45) is 9.61. The summed E-state index contributed by atoms with van der Waals surface area (Å²) in [5.74, 6) is 0.153. The van der Waals surface area contributed by atoms with Gasteiger partial charge in [-0.2, -0.15) is 13.9 Å². The van der Waals surface area contributed by atoms with E-state index in [-0.39, 0.29) is 5.75 Å². The molecule has 1 saturated carbocycles. The normalized spacial score (nSPS) is 16.2. The van der Waals surface area contributed by atoms with Crippen LogP contribution in [-0.2, 0) is 0 Å². The van der Waals surface area contributed by atoms with Gasteiger partial charge in [0.2, 0.25) is 0 Å². The lowest BCUT2D eigenvalue weighted by Gasteiger charge is -2.21. The first-order valence-corrected chi connectivity index (χ1v) is 8.22. The van der Waals surface area contributed by atoms with Crippen molar-refractivity contribution in [3.8, 4) is 16.9 Å². The minimum absolute atomic E-state index is 0.153. The number of ether oxygens (including phenoxy) is 1. The molecule has 0 aliphatic heterocycles. The Labute approximate surface area is 136 Å². The molecule has 0 saturated heterocycles. The topological polar surface area (TPSA) is 27.1 Å². The van der Waals surface area contributed by atoms with Crippen molar-refractivity contribution in [2.75, 3.05) is 0 Å². The smallest absolute Gasteiger partial charge is 0.387 e. The van der Waals surface area contributed by atoms with Gasteiger partial charge in [0.15, 0.2) is 0 Å². The second-order valence-electron chi connectivity index (χ2n) is 5.50. The van der Waals surface area contributed by atoms with Gasteiger partial charge in [0.1, 0.15) is 5.75 Å². The monoisotopic (exact) mass is 370 g/mol. The van der Waals surface area contributed by atoms with Gasteiger partial charge in [-0.05, 0) is 34.8 Å². The second kappa shape index (κ2) is 6.77. The summed E-state index contributed by atoms with van der Waals surface area (Å²) >= 11 is 3.27. The van der Waals surface area contributed by atoms with Crippen LogP contribution in [0.1, 0.15) is 38.1 Å². The molecule has 0 unspecified atom stereocenters. The number of rotatable bonds is 4. The van der Waals surface area contributed by atoms with E-state index in [0.29, 0.717) is 16.1 Å². The van der Waals surface area contributed by atoms with Crippen LogP contribution in [0.15, 0.2) is 35.1 Å². The molecule has 3 nitrogen and oxygen atoms in total. The Hall–Kier alpha value is -1.43. The SMILES string of the molecule is FC(F)Oc1c(Br)cccc1-c1cnn(C2CCCCC2)c1. The molecule has 0 amide bonds. The number of hydrogen-bond acceptors (Lipinski definition) is 2. The van der Waals surface area contributed by atoms with E-state index in [2.05, 4.69) is 25.8 Å². The Morgan fingerprint density at radius 1 is 1.23 bits per heavy atom. The van der Waals surface area contributed by atoms with Crippen LogP contribution in [0, 0.1) is 0 Å². The molecule has 3 rings (SSSR count). The Balaban J connectivity index is 1.91. The molecule has 0 radical (unpaired) electrons. The third-order valence-electron chi connectivity index (χ3n) is 4.04. The van der Waals surface area contributed by atoms with Crippen LogP contribution in [0.25, 0.3) is 11.1 Å². The van der Waals surface area contributed by atoms with E-state index in [9.17, 15) is 8.78 Å². The predicted octanol–water partition coefficient (Wildman–Crippen LogP) is 5.42. The summed E-state index contributed by atoms with van der Waals surface area (Å²) in [6.45, 7) is -2.86. The van der Waals surface area contributed by atoms with Gasteiger partial charge in [0.25, 0.3) is 0 Å². The van der Waals surface area contributed by atoms with E-state index < -0.39 is 6.61 Å². The van der Waals surface area contributed by atoms with E-state index in [1.54, 1.807) is 24.4 Å². The van der Waals surface area contributed by atoms with Gasteiger partial charge in [0, 0.05) is 17.3 Å². The fourth-order valence-electron chi connectivity index (χ4n) is 2.97. The van der Waals surface area contributed by atoms with E-state index >= 15 is 0 Å². The minimum Gasteiger partial charge on any atom is -0.433 e. The van der Waals surface area contributed by atoms with Gasteiger partial charge >= 0.3 is 6.61 Å². The second-order valence-corrected chi connectivity index (χ2v) is 6.35. The molecule has 2 aromatic rings. The summed E-state index contributed by atoms with van der Waals surface area (Å²) in [4.78, 5) is 0. The minimum atomic E-state index is -2.86. The highest BCUT2D eigenvalue weighted by atomic mass is 79.9. The van der Waals surface area contributed by atoms with Crippen LogP contribution in [0.2, 0.25) is 0 Å². The summed E-state index contributed by atoms with van der Waals surface area (Å²) in [5, 5.41) is 4.42. The summed E-state index contributed by atoms with van der Waals surface area (Å²) < 4.78 is 32.4. The fourth-order valence-corrected chi connectivity index (χ4v) is 3.43. The number of para-hydroxylation sites is 1. The average Bonchev–Trinajstić information content (AvgIpc) is 2.99. The zero-order valence-electron chi connectivity index (χ0n) is 12.0. The zero-order chi connectivity index (χ0) is 15.5. The maximum absolute atomic E-state index is 12.6. The molecule has 0 spiro atoms. The van der Waals surface area contributed by atoms with Gasteiger partial charge in [-0.3, -0.25) is 4.68 Å². The van der Waals surface area contributed by atoms with Gasteiger partial charge in [-0.15, -0.1) is 0 Å². The number of alkyl halides is 2. The highest BCUT2D eigenvalue weighted by Crippen LogP contribution is 2.38. The standard InChI is InChI=1S/C16H17BrF2N2O/c17-14-8-4-7-13(15(14)22-16(18)19)11-9-20-21(10-11)12-5-2-1-3-6-12/h4,7-10,12,16H,1-3,5-6H2. The number of benzene rings is 1. The van der Waals surface area contributed by atoms with Gasteiger partial charge in [0.05, 0.1) is 16.7 Å². The summed E-state index contributed by atoms with van der Waals surface area (Å²) in [7, 11) is 0. The molecule has 0 N–H and O–H groups in total. The van der Waals surface area contributed by atoms with Crippen molar-refractivity contribution in [1.82, 2.24) is 9.78 Å². The highest BCUT2D eigenvalue weighted by molar-refractivity contribution is 9.10. The van der Waals surface area contributed by atoms with Gasteiger partial charge in [-0.25, -0.2) is 0 Å². The molecule has 0 bridgehead atoms. The Kier molecular flexibility index (Phi) is 4.76. The van der Waals surface area contributed by atoms with E-state index in [4.69, 9.17) is 0 Å². The molecule has 0 atom stereocenters. The largest absolute Gasteiger partial charge is 0.433 e. The highest BCUT2D eigenvalue weighted by Gasteiger charge is 2.19. The van der Waals surface area contributed by atoms with Crippen molar-refractivity contribution in [2.45, 2.75) is 44.8 Å². The van der Waals surface area contributed by atoms with Crippen molar-refractivity contribution in [3.63, 3.8) is 0 Å². The van der Waals surface area contributed by atoms with Crippen LogP contribution in [0.5, 0.6) is 5.75 Å². The number of halogens is 3. The summed E-state index contributed by atoms with van der Waals surface area (Å²) in [6, 6.07) is 5.67. The fraction of sp³-hybridized carbons (Fsp3) is 0.438. The van der Waals surface area contributed by atoms with E-state index in [1.807, 2.05) is 10.9 Å². The molecule has 1 aliphatic rings. The third kappa shape index (κ3) is 3.32. The van der Waals surface area contributed by atoms with Crippen molar-refractivity contribution < 1.29 is 13.5 Å². The lowest BCUT2D eigenvalue weighted by molar-refractivity contribution is -0.0499. The Bertz CT molecular complexity index is 639. The van der Waals surface area contributed by atoms with Crippen molar-refractivity contribution in [1.29, 1.82) is 0 Å². The molecular formula is C16H17BrF2N2O. The number of nitrogens with zero attached hydrogens (tertiary/aromatic N) is 2. The van der Waals surface area contributed by atoms with Crippen molar-refractivity contribution in [3.05, 3.63) is 35.1 Å². The van der Waals surface area contributed by atoms with Crippen LogP contribution in [-0.4, -0.2) is 16.4 Å². The van der Waals surface area contributed by atoms with Crippen molar-refractivity contribution in [2.24, 2.45) is 0 Å². The Morgan fingerprint density at radius 3 is 2.73 bits per heavy atom. The summed E-state index contributed by atoms with van der Waals surface area (Å²) in [5.41, 5.74) is 1.42. The molecule has 1 fully saturated rings. The molecule has 118 valence electrons. The molecule has 22 heavy (non-hydrogen) atoms. The molecule has 1 aliphatic carbocycles. The van der Waals surface area contributed by atoms with Crippen molar-refractivity contribution >= 4 is 15.9 Å². The van der Waals surface area contributed by atoms with Crippen LogP contribution in [0.4, 0.5) is 8.78 Å². The Morgan fingerprint density at radius 2 is 2.00 bits per heavy atom. The first kappa shape index (κ1) is 15.5. The van der Waals surface area contributed by atoms with Crippen LogP contribution >= 0.6 is 15.9 Å². The first-order valence-electron chi connectivity index (χ1n) is 7.43. The molecule has 1 aromatic heterocycles. The van der Waals surface area contributed by atoms with Crippen LogP contribution in [0.3, 0.4) is 0 Å².